The normalized spacial score (nSPS) is 10.6. The molecule has 0 atom stereocenters. The summed E-state index contributed by atoms with van der Waals surface area (Å²) in [6, 6.07) is 8.80. The van der Waals surface area contributed by atoms with Gasteiger partial charge in [0.1, 0.15) is 0 Å². The van der Waals surface area contributed by atoms with E-state index in [-0.39, 0.29) is 0 Å². The van der Waals surface area contributed by atoms with E-state index in [1.54, 1.807) is 5.56 Å². The predicted molar refractivity (Wildman–Crippen MR) is 45.4 cm³/mol. The molecule has 0 aliphatic carbocycles. The summed E-state index contributed by atoms with van der Waals surface area (Å²) < 4.78 is 1.03. The fraction of sp³-hybridized carbons (Fsp3) is 0.250. The Bertz CT molecular complexity index is 218. The Hall–Kier alpha value is 2.49. The van der Waals surface area contributed by atoms with E-state index in [1.165, 1.54) is 5.56 Å². The van der Waals surface area contributed by atoms with Gasteiger partial charge in [-0.1, -0.05) is 0 Å². The van der Waals surface area contributed by atoms with Crippen LogP contribution in [0.15, 0.2) is 24.3 Å². The summed E-state index contributed by atoms with van der Waals surface area (Å²) >= 11 is 2.00. The van der Waals surface area contributed by atoms with Crippen LogP contribution in [0.4, 0.5) is 0 Å². The molecule has 2 heteroatoms. The van der Waals surface area contributed by atoms with Crippen molar-refractivity contribution in [1.82, 2.24) is 0 Å². The summed E-state index contributed by atoms with van der Waals surface area (Å²) in [6.45, 7) is 2.22. The third-order valence-electron chi connectivity index (χ3n) is 1.81. The molecule has 0 N–H and O–H groups in total. The number of aryl methyl sites for hydroxylation is 1. The molecule has 0 fully saturated rings. The van der Waals surface area contributed by atoms with E-state index in [2.05, 4.69) is 31.2 Å². The number of benzene rings is 1. The molecular weight excluding hydrogens is 174 g/mol. The van der Waals surface area contributed by atoms with Crippen molar-refractivity contribution >= 4 is 97.9 Å². The molecule has 0 radical (unpaired) electrons. The first-order valence-corrected chi connectivity index (χ1v) is 7.38. The third kappa shape index (κ3) is 3.09. The first kappa shape index (κ1) is 10.6. The minimum atomic E-state index is 0.999. The second-order valence-electron chi connectivity index (χ2n) is 3.01. The molecule has 0 saturated heterocycles. The zero-order valence-corrected chi connectivity index (χ0v) is 13.1. The quantitative estimate of drug-likeness (QED) is 0.575. The topological polar surface area (TPSA) is 0 Å². The molecule has 0 spiro atoms. The van der Waals surface area contributed by atoms with E-state index in [0.717, 1.165) is 92.0 Å². The van der Waals surface area contributed by atoms with Crippen molar-refractivity contribution in [3.63, 3.8) is 0 Å². The number of hydrogen-bond donors (Lipinski definition) is 0. The molecular formula is C8H8K2. The summed E-state index contributed by atoms with van der Waals surface area (Å²) in [5.74, 6) is 0. The summed E-state index contributed by atoms with van der Waals surface area (Å²) in [4.78, 5) is 0. The Morgan fingerprint density at radius 1 is 1.20 bits per heavy atom. The second kappa shape index (κ2) is 5.27. The molecule has 1 aromatic carbocycles. The van der Waals surface area contributed by atoms with E-state index in [9.17, 15) is 0 Å². The maximum atomic E-state index is 2.29. The molecule has 0 aliphatic rings. The average Bonchev–Trinajstić information content (AvgIpc) is 1.88. The van der Waals surface area contributed by atoms with Gasteiger partial charge in [-0.3, -0.25) is 0 Å². The molecule has 0 saturated carbocycles. The molecule has 0 aliphatic heterocycles. The Morgan fingerprint density at radius 2 is 1.80 bits per heavy atom. The van der Waals surface area contributed by atoms with Gasteiger partial charge in [0.05, 0.1) is 0 Å². The summed E-state index contributed by atoms with van der Waals surface area (Å²) in [6.07, 6.45) is 0. The molecule has 42 valence electrons. The van der Waals surface area contributed by atoms with E-state index >= 15 is 0 Å². The Balaban J connectivity index is 3.03. The van der Waals surface area contributed by atoms with E-state index in [1.807, 2.05) is 0 Å². The van der Waals surface area contributed by atoms with Crippen molar-refractivity contribution in [2.24, 2.45) is 0 Å². The van der Waals surface area contributed by atoms with Crippen LogP contribution in [0.1, 0.15) is 5.23 Å². The van der Waals surface area contributed by atoms with Crippen molar-refractivity contribution < 1.29 is 0 Å². The first-order valence-electron chi connectivity index (χ1n) is 3.77. The van der Waals surface area contributed by atoms with Crippen LogP contribution in [-0.4, -0.2) is 97.9 Å². The van der Waals surface area contributed by atoms with Gasteiger partial charge in [-0.15, -0.1) is 0 Å². The van der Waals surface area contributed by atoms with Crippen molar-refractivity contribution in [1.29, 1.82) is 0 Å². The van der Waals surface area contributed by atoms with Gasteiger partial charge >= 0.3 is 134 Å². The first-order chi connectivity index (χ1) is 4.72. The molecule has 0 heterocycles. The van der Waals surface area contributed by atoms with Gasteiger partial charge in [0.2, 0.25) is 0 Å². The zero-order valence-electron chi connectivity index (χ0n) is 6.89. The Labute approximate surface area is 130 Å². The molecule has 0 bridgehead atoms. The van der Waals surface area contributed by atoms with Gasteiger partial charge in [0, 0.05) is 0 Å². The predicted octanol–water partition coefficient (Wildman–Crippen LogP) is 1.33. The van der Waals surface area contributed by atoms with Crippen LogP contribution in [0.2, 0.25) is 0 Å². The van der Waals surface area contributed by atoms with Crippen molar-refractivity contribution in [3.05, 3.63) is 35.4 Å². The average molecular weight is 182 g/mol. The fourth-order valence-corrected chi connectivity index (χ4v) is 3.26. The third-order valence-corrected chi connectivity index (χ3v) is 3.75. The standard InChI is InChI=1S/C8H8.2K/c1-7-5-3-4-6-8(7)2;;/h1,3-6H,2H3;;. The van der Waals surface area contributed by atoms with Crippen molar-refractivity contribution in [2.45, 2.75) is 1.03 Å². The molecule has 0 unspecified atom stereocenters. The van der Waals surface area contributed by atoms with Crippen LogP contribution >= 0.6 is 0 Å². The van der Waals surface area contributed by atoms with Crippen LogP contribution in [0.3, 0.4) is 0 Å². The molecule has 1 aromatic rings. The van der Waals surface area contributed by atoms with Crippen LogP contribution in [0.25, 0.3) is 0 Å². The Morgan fingerprint density at radius 3 is 2.20 bits per heavy atom. The van der Waals surface area contributed by atoms with Gasteiger partial charge in [0.25, 0.3) is 0 Å². The van der Waals surface area contributed by atoms with Gasteiger partial charge < -0.3 is 0 Å². The van der Waals surface area contributed by atoms with Gasteiger partial charge in [-0.2, -0.15) is 0 Å². The van der Waals surface area contributed by atoms with Gasteiger partial charge in [-0.05, 0) is 0 Å². The second-order valence-corrected chi connectivity index (χ2v) is 14.1. The van der Waals surface area contributed by atoms with Crippen molar-refractivity contribution in [2.75, 3.05) is 0 Å². The molecule has 0 amide bonds. The van der Waals surface area contributed by atoms with Crippen molar-refractivity contribution in [3.8, 4) is 0 Å². The Kier molecular flexibility index (Phi) is 5.57. The van der Waals surface area contributed by atoms with Crippen LogP contribution in [0, 0.1) is 6.92 Å². The monoisotopic (exact) mass is 182 g/mol. The van der Waals surface area contributed by atoms with E-state index in [4.69, 9.17) is 0 Å². The number of hydrogen-bond acceptors (Lipinski definition) is 0. The maximum absolute atomic E-state index is 2.29. The van der Waals surface area contributed by atoms with E-state index in [0.29, 0.717) is 0 Å². The molecule has 0 nitrogen and oxygen atoms in total. The van der Waals surface area contributed by atoms with Crippen LogP contribution in [0.5, 0.6) is 0 Å². The molecule has 1 rings (SSSR count). The minimum absolute atomic E-state index is 0.999. The van der Waals surface area contributed by atoms with Gasteiger partial charge in [-0.25, -0.2) is 0 Å². The SMILES string of the molecule is Cc1ccccc1[CH]([K])[K]. The van der Waals surface area contributed by atoms with Crippen LogP contribution in [-0.2, 0) is 0 Å². The summed E-state index contributed by atoms with van der Waals surface area (Å²) in [7, 11) is 0. The molecule has 10 heavy (non-hydrogen) atoms. The molecule has 0 aromatic heterocycles. The fourth-order valence-electron chi connectivity index (χ4n) is 1.23. The van der Waals surface area contributed by atoms with E-state index < -0.39 is 0 Å². The van der Waals surface area contributed by atoms with Gasteiger partial charge in [0.15, 0.2) is 0 Å². The summed E-state index contributed by atoms with van der Waals surface area (Å²) in [5.41, 5.74) is 3.12. The zero-order chi connectivity index (χ0) is 7.56. The number of rotatable bonds is 1. The van der Waals surface area contributed by atoms with Crippen LogP contribution < -0.4 is 0 Å². The summed E-state index contributed by atoms with van der Waals surface area (Å²) in [5, 5.41) is 0.